The first-order chi connectivity index (χ1) is 4.47. The van der Waals surface area contributed by atoms with Crippen LogP contribution in [0.5, 0.6) is 0 Å². The Morgan fingerprint density at radius 3 is 3.44 bits per heavy atom. The van der Waals surface area contributed by atoms with Crippen LogP contribution in [0.25, 0.3) is 5.82 Å². The summed E-state index contributed by atoms with van der Waals surface area (Å²) in [6.45, 7) is 0. The largest absolute Gasteiger partial charge is 0.277 e. The fraction of sp³-hybridized carbons (Fsp3) is 0. The van der Waals surface area contributed by atoms with Crippen molar-refractivity contribution in [1.29, 1.82) is 0 Å². The van der Waals surface area contributed by atoms with Crippen LogP contribution in [-0.4, -0.2) is 9.97 Å². The van der Waals surface area contributed by atoms with Crippen LogP contribution in [0.4, 0.5) is 0 Å². The van der Waals surface area contributed by atoms with Crippen LogP contribution in [0.2, 0.25) is 0 Å². The van der Waals surface area contributed by atoms with Crippen molar-refractivity contribution in [3.05, 3.63) is 31.0 Å². The average molecular weight is 120 g/mol. The summed E-state index contributed by atoms with van der Waals surface area (Å²) in [5, 5.41) is 0. The zero-order valence-corrected chi connectivity index (χ0v) is 4.78. The van der Waals surface area contributed by atoms with Gasteiger partial charge in [0.15, 0.2) is 6.20 Å². The molecular formula is C6H6N3+. The van der Waals surface area contributed by atoms with E-state index in [1.165, 1.54) is 0 Å². The van der Waals surface area contributed by atoms with Gasteiger partial charge in [0.2, 0.25) is 6.33 Å². The van der Waals surface area contributed by atoms with Gasteiger partial charge in [-0.3, -0.25) is 4.98 Å². The number of nitrogens with one attached hydrogen (secondary N) is 1. The summed E-state index contributed by atoms with van der Waals surface area (Å²) in [4.78, 5) is 6.96. The molecule has 0 spiro atoms. The molecule has 3 heteroatoms. The Bertz CT molecular complexity index is 248. The highest BCUT2D eigenvalue weighted by Gasteiger charge is 2.03. The second-order valence-corrected chi connectivity index (χ2v) is 1.84. The van der Waals surface area contributed by atoms with E-state index in [-0.39, 0.29) is 0 Å². The van der Waals surface area contributed by atoms with Gasteiger partial charge >= 0.3 is 0 Å². The predicted molar refractivity (Wildman–Crippen MR) is 31.3 cm³/mol. The minimum Gasteiger partial charge on any atom is -0.277 e. The van der Waals surface area contributed by atoms with Crippen molar-refractivity contribution in [3.8, 4) is 5.82 Å². The minimum absolute atomic E-state index is 1.01. The van der Waals surface area contributed by atoms with Crippen LogP contribution < -0.4 is 4.57 Å². The fourth-order valence-electron chi connectivity index (χ4n) is 0.804. The lowest BCUT2D eigenvalue weighted by Gasteiger charge is -1.88. The molecule has 0 fully saturated rings. The molecule has 0 saturated carbocycles. The highest BCUT2D eigenvalue weighted by atomic mass is 15.1. The highest BCUT2D eigenvalue weighted by Crippen LogP contribution is 1.89. The van der Waals surface area contributed by atoms with Crippen molar-refractivity contribution >= 4 is 0 Å². The van der Waals surface area contributed by atoms with Gasteiger partial charge < -0.3 is 0 Å². The number of hydrogen-bond acceptors (Lipinski definition) is 1. The zero-order valence-electron chi connectivity index (χ0n) is 4.78. The third-order valence-corrected chi connectivity index (χ3v) is 1.24. The lowest BCUT2D eigenvalue weighted by atomic mass is 10.6. The molecule has 0 bridgehead atoms. The lowest BCUT2D eigenvalue weighted by Crippen LogP contribution is -2.28. The van der Waals surface area contributed by atoms with Gasteiger partial charge in [-0.15, -0.1) is 4.98 Å². The standard InChI is InChI=1S/C6H5N3/c1-2-8-6-4-7-5-9(6)3-1/h1-5H/p+1. The van der Waals surface area contributed by atoms with E-state index in [4.69, 9.17) is 0 Å². The smallest absolute Gasteiger partial charge is 0.266 e. The second kappa shape index (κ2) is 1.55. The normalized spacial score (nSPS) is 10.2. The second-order valence-electron chi connectivity index (χ2n) is 1.84. The molecule has 0 aliphatic carbocycles. The summed E-state index contributed by atoms with van der Waals surface area (Å²) < 4.78 is 1.92. The zero-order chi connectivity index (χ0) is 6.10. The molecule has 0 radical (unpaired) electrons. The van der Waals surface area contributed by atoms with Crippen molar-refractivity contribution < 1.29 is 4.57 Å². The van der Waals surface area contributed by atoms with E-state index in [1.807, 2.05) is 23.0 Å². The van der Waals surface area contributed by atoms with Gasteiger partial charge in [-0.1, -0.05) is 0 Å². The van der Waals surface area contributed by atoms with Gasteiger partial charge in [0.05, 0.1) is 12.4 Å². The van der Waals surface area contributed by atoms with E-state index in [1.54, 1.807) is 12.5 Å². The summed E-state index contributed by atoms with van der Waals surface area (Å²) in [6.07, 6.45) is 7.35. The van der Waals surface area contributed by atoms with Crippen LogP contribution in [0.3, 0.4) is 0 Å². The Labute approximate surface area is 52.3 Å². The Morgan fingerprint density at radius 1 is 1.56 bits per heavy atom. The number of rotatable bonds is 0. The van der Waals surface area contributed by atoms with Crippen molar-refractivity contribution in [2.45, 2.75) is 0 Å². The first kappa shape index (κ1) is 4.49. The van der Waals surface area contributed by atoms with E-state index < -0.39 is 0 Å². The Hall–Kier alpha value is -1.38. The molecule has 44 valence electrons. The number of H-pyrrole nitrogens is 1. The quantitative estimate of drug-likeness (QED) is 0.492. The molecule has 3 nitrogen and oxygen atoms in total. The van der Waals surface area contributed by atoms with E-state index in [0.29, 0.717) is 0 Å². The maximum Gasteiger partial charge on any atom is 0.266 e. The molecule has 0 amide bonds. The number of nitrogens with zero attached hydrogens (tertiary/aromatic N) is 2. The molecule has 2 aliphatic heterocycles. The van der Waals surface area contributed by atoms with Gasteiger partial charge in [-0.05, 0) is 0 Å². The molecule has 2 rings (SSSR count). The molecule has 0 atom stereocenters. The molecule has 0 saturated heterocycles. The predicted octanol–water partition coefficient (Wildman–Crippen LogP) is 0.124. The summed E-state index contributed by atoms with van der Waals surface area (Å²) in [7, 11) is 0. The summed E-state index contributed by atoms with van der Waals surface area (Å²) in [5.74, 6) is 1.01. The van der Waals surface area contributed by atoms with Gasteiger partial charge in [0.25, 0.3) is 5.82 Å². The lowest BCUT2D eigenvalue weighted by molar-refractivity contribution is -0.598. The third kappa shape index (κ3) is 0.579. The molecule has 9 heavy (non-hydrogen) atoms. The van der Waals surface area contributed by atoms with E-state index in [0.717, 1.165) is 5.82 Å². The van der Waals surface area contributed by atoms with Gasteiger partial charge in [-0.25, -0.2) is 4.57 Å². The molecular weight excluding hydrogens is 114 g/mol. The monoisotopic (exact) mass is 120 g/mol. The first-order valence-electron chi connectivity index (χ1n) is 2.75. The Kier molecular flexibility index (Phi) is 0.773. The third-order valence-electron chi connectivity index (χ3n) is 1.24. The van der Waals surface area contributed by atoms with Crippen LogP contribution >= 0.6 is 0 Å². The van der Waals surface area contributed by atoms with Crippen molar-refractivity contribution in [1.82, 2.24) is 9.97 Å². The number of aromatic nitrogens is 3. The first-order valence-corrected chi connectivity index (χ1v) is 2.75. The molecule has 0 aromatic rings. The van der Waals surface area contributed by atoms with Crippen LogP contribution in [0.1, 0.15) is 0 Å². The summed E-state index contributed by atoms with van der Waals surface area (Å²) in [5.41, 5.74) is 0. The van der Waals surface area contributed by atoms with E-state index in [2.05, 4.69) is 9.97 Å². The van der Waals surface area contributed by atoms with Gasteiger partial charge in [0.1, 0.15) is 0 Å². The van der Waals surface area contributed by atoms with Crippen molar-refractivity contribution in [2.75, 3.05) is 0 Å². The molecule has 2 aliphatic rings. The van der Waals surface area contributed by atoms with E-state index in [9.17, 15) is 0 Å². The Morgan fingerprint density at radius 2 is 2.56 bits per heavy atom. The Balaban J connectivity index is 2.79. The van der Waals surface area contributed by atoms with Crippen molar-refractivity contribution in [3.63, 3.8) is 0 Å². The molecule has 2 heterocycles. The SMILES string of the molecule is c1c[nH]c2cnc[n+]-2c1. The van der Waals surface area contributed by atoms with Crippen LogP contribution in [0, 0.1) is 0 Å². The molecule has 0 aromatic carbocycles. The minimum atomic E-state index is 1.01. The van der Waals surface area contributed by atoms with Crippen LogP contribution in [-0.2, 0) is 0 Å². The van der Waals surface area contributed by atoms with Gasteiger partial charge in [0, 0.05) is 6.07 Å². The molecule has 1 N–H and O–H groups in total. The number of hydrogen-bond donors (Lipinski definition) is 1. The average Bonchev–Trinajstić information content (AvgIpc) is 2.33. The van der Waals surface area contributed by atoms with Gasteiger partial charge in [-0.2, -0.15) is 0 Å². The number of aromatic amines is 1. The maximum absolute atomic E-state index is 3.93. The maximum atomic E-state index is 3.93. The van der Waals surface area contributed by atoms with Crippen molar-refractivity contribution in [2.24, 2.45) is 0 Å². The topological polar surface area (TPSA) is 32.6 Å². The van der Waals surface area contributed by atoms with Crippen LogP contribution in [0.15, 0.2) is 31.0 Å². The molecule has 0 unspecified atom stereocenters. The number of fused-ring (bicyclic) bond motifs is 1. The number of imidazole rings is 1. The molecule has 0 aromatic heterocycles. The summed E-state index contributed by atoms with van der Waals surface area (Å²) >= 11 is 0. The highest BCUT2D eigenvalue weighted by molar-refractivity contribution is 5.02. The van der Waals surface area contributed by atoms with E-state index >= 15 is 0 Å². The summed E-state index contributed by atoms with van der Waals surface area (Å²) in [6, 6.07) is 1.93. The fourth-order valence-corrected chi connectivity index (χ4v) is 0.804.